The minimum absolute atomic E-state index is 0.106. The molecule has 9 heavy (non-hydrogen) atoms. The maximum absolute atomic E-state index is 8.85. The molecule has 0 saturated heterocycles. The Kier molecular flexibility index (Phi) is 1.78. The predicted octanol–water partition coefficient (Wildman–Crippen LogP) is 0.387. The van der Waals surface area contributed by atoms with E-state index in [2.05, 4.69) is 6.92 Å². The van der Waals surface area contributed by atoms with Crippen molar-refractivity contribution in [3.8, 4) is 0 Å². The minimum Gasteiger partial charge on any atom is -0.396 e. The van der Waals surface area contributed by atoms with Crippen molar-refractivity contribution in [2.24, 2.45) is 11.3 Å². The monoisotopic (exact) mass is 130 g/mol. The lowest BCUT2D eigenvalue weighted by molar-refractivity contribution is 0.169. The summed E-state index contributed by atoms with van der Waals surface area (Å²) in [7, 11) is 0. The molecule has 2 N–H and O–H groups in total. The maximum atomic E-state index is 8.85. The lowest BCUT2D eigenvalue weighted by atomic mass is 10.0. The van der Waals surface area contributed by atoms with Crippen molar-refractivity contribution in [2.45, 2.75) is 19.8 Å². The first-order chi connectivity index (χ1) is 4.29. The number of rotatable bonds is 3. The average molecular weight is 130 g/mol. The van der Waals surface area contributed by atoms with Gasteiger partial charge in [0.2, 0.25) is 0 Å². The molecule has 54 valence electrons. The Morgan fingerprint density at radius 2 is 2.22 bits per heavy atom. The van der Waals surface area contributed by atoms with Crippen LogP contribution < -0.4 is 0 Å². The molecule has 2 heteroatoms. The Morgan fingerprint density at radius 1 is 1.56 bits per heavy atom. The summed E-state index contributed by atoms with van der Waals surface area (Å²) < 4.78 is 0. The Bertz CT molecular complexity index is 97.1. The first-order valence-electron chi connectivity index (χ1n) is 3.51. The summed E-state index contributed by atoms with van der Waals surface area (Å²) in [5, 5.41) is 17.5. The molecule has 0 unspecified atom stereocenters. The summed E-state index contributed by atoms with van der Waals surface area (Å²) >= 11 is 0. The van der Waals surface area contributed by atoms with Crippen molar-refractivity contribution < 1.29 is 10.2 Å². The van der Waals surface area contributed by atoms with Crippen LogP contribution in [-0.2, 0) is 0 Å². The van der Waals surface area contributed by atoms with Crippen LogP contribution in [0.2, 0.25) is 0 Å². The van der Waals surface area contributed by atoms with E-state index in [1.807, 2.05) is 0 Å². The van der Waals surface area contributed by atoms with Crippen LogP contribution in [0.1, 0.15) is 19.8 Å². The van der Waals surface area contributed by atoms with Crippen molar-refractivity contribution in [1.82, 2.24) is 0 Å². The van der Waals surface area contributed by atoms with E-state index in [0.717, 1.165) is 12.8 Å². The summed E-state index contributed by atoms with van der Waals surface area (Å²) in [6.45, 7) is 2.55. The van der Waals surface area contributed by atoms with E-state index >= 15 is 0 Å². The van der Waals surface area contributed by atoms with Gasteiger partial charge in [-0.25, -0.2) is 0 Å². The molecule has 1 saturated carbocycles. The topological polar surface area (TPSA) is 40.5 Å². The van der Waals surface area contributed by atoms with Crippen LogP contribution >= 0.6 is 0 Å². The highest BCUT2D eigenvalue weighted by atomic mass is 16.3. The highest BCUT2D eigenvalue weighted by Gasteiger charge is 2.51. The zero-order valence-corrected chi connectivity index (χ0v) is 5.80. The second-order valence-electron chi connectivity index (χ2n) is 2.96. The molecule has 1 aliphatic carbocycles. The molecule has 0 heterocycles. The molecule has 0 aromatic heterocycles. The van der Waals surface area contributed by atoms with Crippen LogP contribution in [0.25, 0.3) is 0 Å². The molecular weight excluding hydrogens is 116 g/mol. The molecule has 1 aliphatic rings. The van der Waals surface area contributed by atoms with Crippen LogP contribution in [0.3, 0.4) is 0 Å². The maximum Gasteiger partial charge on any atom is 0.0490 e. The van der Waals surface area contributed by atoms with Gasteiger partial charge in [0.25, 0.3) is 0 Å². The first-order valence-corrected chi connectivity index (χ1v) is 3.51. The van der Waals surface area contributed by atoms with Gasteiger partial charge in [0.05, 0.1) is 0 Å². The van der Waals surface area contributed by atoms with Gasteiger partial charge in [-0.15, -0.1) is 0 Å². The van der Waals surface area contributed by atoms with Crippen LogP contribution in [0, 0.1) is 11.3 Å². The lowest BCUT2D eigenvalue weighted by Gasteiger charge is -2.08. The van der Waals surface area contributed by atoms with Gasteiger partial charge >= 0.3 is 0 Å². The Morgan fingerprint density at radius 3 is 2.33 bits per heavy atom. The molecule has 0 aromatic rings. The summed E-state index contributed by atoms with van der Waals surface area (Å²) in [4.78, 5) is 0. The van der Waals surface area contributed by atoms with Crippen LogP contribution in [0.15, 0.2) is 0 Å². The number of hydrogen-bond acceptors (Lipinski definition) is 2. The van der Waals surface area contributed by atoms with E-state index < -0.39 is 0 Å². The van der Waals surface area contributed by atoms with E-state index in [9.17, 15) is 0 Å². The molecule has 0 aliphatic heterocycles. The van der Waals surface area contributed by atoms with Gasteiger partial charge in [0.15, 0.2) is 0 Å². The third-order valence-corrected chi connectivity index (χ3v) is 2.60. The summed E-state index contributed by atoms with van der Waals surface area (Å²) in [5.41, 5.74) is 0.106. The molecule has 0 bridgehead atoms. The molecule has 2 atom stereocenters. The molecule has 1 fully saturated rings. The number of aliphatic hydroxyl groups excluding tert-OH is 2. The predicted molar refractivity (Wildman–Crippen MR) is 35.0 cm³/mol. The molecule has 1 rings (SSSR count). The van der Waals surface area contributed by atoms with Gasteiger partial charge in [-0.05, 0) is 24.2 Å². The summed E-state index contributed by atoms with van der Waals surface area (Å²) in [6.07, 6.45) is 2.01. The van der Waals surface area contributed by atoms with Gasteiger partial charge in [0, 0.05) is 13.2 Å². The third-order valence-electron chi connectivity index (χ3n) is 2.60. The third kappa shape index (κ3) is 0.970. The first kappa shape index (κ1) is 7.03. The largest absolute Gasteiger partial charge is 0.396 e. The fourth-order valence-electron chi connectivity index (χ4n) is 1.43. The Labute approximate surface area is 55.5 Å². The molecule has 0 aromatic carbocycles. The van der Waals surface area contributed by atoms with E-state index in [-0.39, 0.29) is 18.6 Å². The highest BCUT2D eigenvalue weighted by Crippen LogP contribution is 2.54. The molecule has 0 amide bonds. The normalized spacial score (nSPS) is 41.0. The van der Waals surface area contributed by atoms with Crippen molar-refractivity contribution in [2.75, 3.05) is 13.2 Å². The van der Waals surface area contributed by atoms with Crippen LogP contribution in [-0.4, -0.2) is 23.4 Å². The molecule has 0 spiro atoms. The van der Waals surface area contributed by atoms with Crippen molar-refractivity contribution >= 4 is 0 Å². The smallest absolute Gasteiger partial charge is 0.0490 e. The van der Waals surface area contributed by atoms with E-state index in [1.54, 1.807) is 0 Å². The van der Waals surface area contributed by atoms with E-state index in [4.69, 9.17) is 10.2 Å². The minimum atomic E-state index is 0.106. The Balaban J connectivity index is 2.37. The molecule has 0 radical (unpaired) electrons. The van der Waals surface area contributed by atoms with Gasteiger partial charge in [-0.1, -0.05) is 6.92 Å². The fraction of sp³-hybridized carbons (Fsp3) is 1.00. The fourth-order valence-corrected chi connectivity index (χ4v) is 1.43. The highest BCUT2D eigenvalue weighted by molar-refractivity contribution is 5.00. The van der Waals surface area contributed by atoms with E-state index in [0.29, 0.717) is 5.92 Å². The zero-order valence-electron chi connectivity index (χ0n) is 5.80. The quantitative estimate of drug-likeness (QED) is 0.580. The van der Waals surface area contributed by atoms with Gasteiger partial charge in [0.1, 0.15) is 0 Å². The van der Waals surface area contributed by atoms with Crippen molar-refractivity contribution in [1.29, 1.82) is 0 Å². The van der Waals surface area contributed by atoms with Crippen LogP contribution in [0.5, 0.6) is 0 Å². The second kappa shape index (κ2) is 2.27. The number of aliphatic hydroxyl groups is 2. The average Bonchev–Trinajstić information content (AvgIpc) is 2.63. The van der Waals surface area contributed by atoms with Gasteiger partial charge < -0.3 is 10.2 Å². The lowest BCUT2D eigenvalue weighted by Crippen LogP contribution is -2.09. The second-order valence-corrected chi connectivity index (χ2v) is 2.96. The molecule has 2 nitrogen and oxygen atoms in total. The SMILES string of the molecule is CC[C@]1(CO)C[C@H]1CO. The van der Waals surface area contributed by atoms with Crippen molar-refractivity contribution in [3.63, 3.8) is 0 Å². The Hall–Kier alpha value is -0.0800. The standard InChI is InChI=1S/C7H14O2/c1-2-7(5-9)3-6(7)4-8/h6,8-9H,2-5H2,1H3/t6-,7+/m0/s1. The summed E-state index contributed by atoms with van der Waals surface area (Å²) in [5.74, 6) is 0.382. The van der Waals surface area contributed by atoms with E-state index in [1.165, 1.54) is 0 Å². The zero-order chi connectivity index (χ0) is 6.91. The van der Waals surface area contributed by atoms with Crippen molar-refractivity contribution in [3.05, 3.63) is 0 Å². The van der Waals surface area contributed by atoms with Gasteiger partial charge in [-0.3, -0.25) is 0 Å². The van der Waals surface area contributed by atoms with Gasteiger partial charge in [-0.2, -0.15) is 0 Å². The summed E-state index contributed by atoms with van der Waals surface area (Å²) in [6, 6.07) is 0. The van der Waals surface area contributed by atoms with Crippen LogP contribution in [0.4, 0.5) is 0 Å². The number of hydrogen-bond donors (Lipinski definition) is 2. The molecular formula is C7H14O2.